The molecule has 0 aromatic rings. The van der Waals surface area contributed by atoms with Crippen LogP contribution >= 0.6 is 0 Å². The highest BCUT2D eigenvalue weighted by Gasteiger charge is 2.32. The Bertz CT molecular complexity index is 330. The average Bonchev–Trinajstić information content (AvgIpc) is 2.90. The molecule has 2 aliphatic rings. The van der Waals surface area contributed by atoms with Gasteiger partial charge in [-0.15, -0.1) is 0 Å². The van der Waals surface area contributed by atoms with Gasteiger partial charge in [0, 0.05) is 12.6 Å². The van der Waals surface area contributed by atoms with Crippen molar-refractivity contribution in [2.75, 3.05) is 19.7 Å². The van der Waals surface area contributed by atoms with E-state index in [2.05, 4.69) is 10.6 Å². The number of carbonyl (C=O) groups is 1. The molecule has 1 amide bonds. The molecule has 20 heavy (non-hydrogen) atoms. The second-order valence-corrected chi connectivity index (χ2v) is 5.61. The van der Waals surface area contributed by atoms with Crippen molar-refractivity contribution in [2.24, 2.45) is 5.92 Å². The third kappa shape index (κ3) is 4.94. The van der Waals surface area contributed by atoms with E-state index in [1.165, 1.54) is 0 Å². The molecule has 1 saturated heterocycles. The Kier molecular flexibility index (Phi) is 5.26. The molecule has 1 aliphatic carbocycles. The van der Waals surface area contributed by atoms with E-state index in [9.17, 15) is 18.0 Å². The van der Waals surface area contributed by atoms with Crippen molar-refractivity contribution in [1.29, 1.82) is 0 Å². The lowest BCUT2D eigenvalue weighted by molar-refractivity contribution is -0.188. The van der Waals surface area contributed by atoms with Crippen LogP contribution in [-0.2, 0) is 9.53 Å². The molecule has 7 heteroatoms. The van der Waals surface area contributed by atoms with Crippen molar-refractivity contribution in [3.63, 3.8) is 0 Å². The van der Waals surface area contributed by atoms with Gasteiger partial charge in [0.1, 0.15) is 6.61 Å². The van der Waals surface area contributed by atoms with Crippen LogP contribution in [0.25, 0.3) is 0 Å². The predicted octanol–water partition coefficient (Wildman–Crippen LogP) is 1.60. The summed E-state index contributed by atoms with van der Waals surface area (Å²) in [6, 6.07) is -0.0601. The number of ether oxygens (including phenoxy) is 1. The Hall–Kier alpha value is -0.820. The van der Waals surface area contributed by atoms with E-state index in [0.29, 0.717) is 19.4 Å². The van der Waals surface area contributed by atoms with Crippen LogP contribution in [0.4, 0.5) is 13.2 Å². The van der Waals surface area contributed by atoms with Crippen LogP contribution in [-0.4, -0.2) is 43.9 Å². The Morgan fingerprint density at radius 1 is 1.30 bits per heavy atom. The van der Waals surface area contributed by atoms with Crippen molar-refractivity contribution in [3.05, 3.63) is 0 Å². The van der Waals surface area contributed by atoms with Gasteiger partial charge in [-0.2, -0.15) is 13.2 Å². The minimum absolute atomic E-state index is 0.00790. The van der Waals surface area contributed by atoms with Crippen molar-refractivity contribution in [1.82, 2.24) is 10.6 Å². The number of nitrogens with one attached hydrogen (secondary N) is 2. The molecule has 3 atom stereocenters. The summed E-state index contributed by atoms with van der Waals surface area (Å²) in [5.41, 5.74) is 0. The quantitative estimate of drug-likeness (QED) is 0.828. The number of rotatable bonds is 4. The summed E-state index contributed by atoms with van der Waals surface area (Å²) in [6.07, 6.45) is -1.15. The highest BCUT2D eigenvalue weighted by molar-refractivity contribution is 5.79. The third-order valence-corrected chi connectivity index (χ3v) is 3.89. The van der Waals surface area contributed by atoms with Crippen LogP contribution in [0.5, 0.6) is 0 Å². The van der Waals surface area contributed by atoms with Gasteiger partial charge in [0.25, 0.3) is 0 Å². The molecule has 0 spiro atoms. The fourth-order valence-electron chi connectivity index (χ4n) is 2.84. The molecule has 1 saturated carbocycles. The van der Waals surface area contributed by atoms with Gasteiger partial charge >= 0.3 is 6.18 Å². The zero-order valence-electron chi connectivity index (χ0n) is 11.3. The standard InChI is InChI=1S/C13H21F3N2O2/c14-13(15,16)8-20-11-3-1-2-10(6-11)18-12(19)9-4-5-17-7-9/h9-11,17H,1-8H2,(H,18,19). The van der Waals surface area contributed by atoms with Gasteiger partial charge in [0.05, 0.1) is 12.0 Å². The molecule has 0 aromatic carbocycles. The topological polar surface area (TPSA) is 50.4 Å². The molecule has 4 nitrogen and oxygen atoms in total. The first-order chi connectivity index (χ1) is 9.44. The first-order valence-electron chi connectivity index (χ1n) is 7.13. The van der Waals surface area contributed by atoms with Gasteiger partial charge in [-0.25, -0.2) is 0 Å². The Morgan fingerprint density at radius 3 is 2.75 bits per heavy atom. The molecular weight excluding hydrogens is 273 g/mol. The molecule has 116 valence electrons. The Labute approximate surface area is 116 Å². The van der Waals surface area contributed by atoms with Crippen molar-refractivity contribution >= 4 is 5.91 Å². The summed E-state index contributed by atoms with van der Waals surface area (Å²) < 4.78 is 41.3. The normalized spacial score (nSPS) is 31.2. The van der Waals surface area contributed by atoms with E-state index < -0.39 is 18.9 Å². The molecule has 3 unspecified atom stereocenters. The SMILES string of the molecule is O=C(NC1CCCC(OCC(F)(F)F)C1)C1CCNC1. The maximum absolute atomic E-state index is 12.1. The van der Waals surface area contributed by atoms with Crippen molar-refractivity contribution in [3.8, 4) is 0 Å². The van der Waals surface area contributed by atoms with Gasteiger partial charge in [-0.05, 0) is 38.6 Å². The zero-order valence-corrected chi connectivity index (χ0v) is 11.3. The van der Waals surface area contributed by atoms with Crippen LogP contribution in [0.2, 0.25) is 0 Å². The molecule has 0 bridgehead atoms. The van der Waals surface area contributed by atoms with Gasteiger partial charge in [-0.3, -0.25) is 4.79 Å². The molecule has 2 N–H and O–H groups in total. The summed E-state index contributed by atoms with van der Waals surface area (Å²) in [5, 5.41) is 6.07. The number of hydrogen-bond donors (Lipinski definition) is 2. The number of alkyl halides is 3. The fraction of sp³-hybridized carbons (Fsp3) is 0.923. The van der Waals surface area contributed by atoms with Gasteiger partial charge in [0.15, 0.2) is 0 Å². The first kappa shape index (κ1) is 15.6. The first-order valence-corrected chi connectivity index (χ1v) is 7.13. The Balaban J connectivity index is 1.73. The van der Waals surface area contributed by atoms with Crippen LogP contribution in [0.3, 0.4) is 0 Å². The summed E-state index contributed by atoms with van der Waals surface area (Å²) in [4.78, 5) is 12.0. The van der Waals surface area contributed by atoms with E-state index in [1.54, 1.807) is 0 Å². The summed E-state index contributed by atoms with van der Waals surface area (Å²) in [6.45, 7) is 0.331. The van der Waals surface area contributed by atoms with Gasteiger partial charge < -0.3 is 15.4 Å². The lowest BCUT2D eigenvalue weighted by atomic mass is 9.92. The molecular formula is C13H21F3N2O2. The lowest BCUT2D eigenvalue weighted by Crippen LogP contribution is -2.43. The van der Waals surface area contributed by atoms with Crippen LogP contribution < -0.4 is 10.6 Å². The predicted molar refractivity (Wildman–Crippen MR) is 67.2 cm³/mol. The minimum atomic E-state index is -4.29. The van der Waals surface area contributed by atoms with E-state index in [4.69, 9.17) is 4.74 Å². The van der Waals surface area contributed by atoms with Gasteiger partial charge in [-0.1, -0.05) is 0 Å². The number of amides is 1. The Morgan fingerprint density at radius 2 is 2.10 bits per heavy atom. The molecule has 0 radical (unpaired) electrons. The van der Waals surface area contributed by atoms with Gasteiger partial charge in [0.2, 0.25) is 5.91 Å². The number of carbonyl (C=O) groups excluding carboxylic acids is 1. The molecule has 1 heterocycles. The average molecular weight is 294 g/mol. The summed E-state index contributed by atoms with van der Waals surface area (Å²) in [7, 11) is 0. The third-order valence-electron chi connectivity index (χ3n) is 3.89. The van der Waals surface area contributed by atoms with Crippen LogP contribution in [0.1, 0.15) is 32.1 Å². The van der Waals surface area contributed by atoms with Crippen LogP contribution in [0, 0.1) is 5.92 Å². The smallest absolute Gasteiger partial charge is 0.369 e. The molecule has 2 fully saturated rings. The summed E-state index contributed by atoms with van der Waals surface area (Å²) >= 11 is 0. The number of halogens is 3. The zero-order chi connectivity index (χ0) is 14.6. The highest BCUT2D eigenvalue weighted by atomic mass is 19.4. The van der Waals surface area contributed by atoms with Crippen molar-refractivity contribution in [2.45, 2.75) is 50.4 Å². The maximum Gasteiger partial charge on any atom is 0.411 e. The highest BCUT2D eigenvalue weighted by Crippen LogP contribution is 2.24. The number of hydrogen-bond acceptors (Lipinski definition) is 3. The lowest BCUT2D eigenvalue weighted by Gasteiger charge is -2.30. The van der Waals surface area contributed by atoms with E-state index >= 15 is 0 Å². The maximum atomic E-state index is 12.1. The fourth-order valence-corrected chi connectivity index (χ4v) is 2.84. The monoisotopic (exact) mass is 294 g/mol. The van der Waals surface area contributed by atoms with Crippen LogP contribution in [0.15, 0.2) is 0 Å². The second kappa shape index (κ2) is 6.76. The van der Waals surface area contributed by atoms with E-state index in [-0.39, 0.29) is 17.9 Å². The molecule has 0 aromatic heterocycles. The molecule has 2 rings (SSSR count). The minimum Gasteiger partial charge on any atom is -0.369 e. The summed E-state index contributed by atoms with van der Waals surface area (Å²) in [5.74, 6) is 0.00272. The van der Waals surface area contributed by atoms with E-state index in [0.717, 1.165) is 25.8 Å². The molecule has 1 aliphatic heterocycles. The van der Waals surface area contributed by atoms with E-state index in [1.807, 2.05) is 0 Å². The largest absolute Gasteiger partial charge is 0.411 e. The second-order valence-electron chi connectivity index (χ2n) is 5.61. The van der Waals surface area contributed by atoms with Crippen molar-refractivity contribution < 1.29 is 22.7 Å².